The highest BCUT2D eigenvalue weighted by Gasteiger charge is 2.22. The number of hydrogen-bond donors (Lipinski definition) is 0. The first kappa shape index (κ1) is 29.6. The minimum atomic E-state index is 0.829. The molecule has 0 aliphatic heterocycles. The minimum Gasteiger partial charge on any atom is -0.0625 e. The molecule has 0 nitrogen and oxygen atoms in total. The molecule has 0 heteroatoms. The van der Waals surface area contributed by atoms with Gasteiger partial charge in [0.1, 0.15) is 0 Å². The zero-order valence-corrected chi connectivity index (χ0v) is 25.1. The SMILES string of the molecule is CC1CCC(c2ccccc2)CC1.C[C@H]1CCCC(c2ccccc2)C1.C[C@H]1CCCCC1c1ccccc1. The number of rotatable bonds is 3. The fraction of sp³-hybridized carbons (Fsp3) is 0.538. The summed E-state index contributed by atoms with van der Waals surface area (Å²) in [6.45, 7) is 7.16. The summed E-state index contributed by atoms with van der Waals surface area (Å²) in [5.41, 5.74) is 4.65. The first-order valence-corrected chi connectivity index (χ1v) is 16.2. The van der Waals surface area contributed by atoms with Gasteiger partial charge in [0.05, 0.1) is 0 Å². The largest absolute Gasteiger partial charge is 0.0625 e. The first-order valence-electron chi connectivity index (χ1n) is 16.2. The Kier molecular flexibility index (Phi) is 12.2. The smallest absolute Gasteiger partial charge is 0.0136 e. The molecule has 0 spiro atoms. The maximum atomic E-state index is 2.40. The van der Waals surface area contributed by atoms with Crippen molar-refractivity contribution < 1.29 is 0 Å². The maximum Gasteiger partial charge on any atom is -0.0136 e. The molecule has 0 radical (unpaired) electrons. The molecule has 0 heterocycles. The summed E-state index contributed by atoms with van der Waals surface area (Å²) in [5.74, 6) is 5.28. The predicted molar refractivity (Wildman–Crippen MR) is 170 cm³/mol. The Morgan fingerprint density at radius 1 is 0.410 bits per heavy atom. The van der Waals surface area contributed by atoms with Gasteiger partial charge in [-0.25, -0.2) is 0 Å². The van der Waals surface area contributed by atoms with Crippen molar-refractivity contribution in [1.82, 2.24) is 0 Å². The highest BCUT2D eigenvalue weighted by Crippen LogP contribution is 2.38. The van der Waals surface area contributed by atoms with Crippen LogP contribution in [0.2, 0.25) is 0 Å². The molecule has 0 bridgehead atoms. The van der Waals surface area contributed by atoms with E-state index in [0.29, 0.717) is 0 Å². The third-order valence-corrected chi connectivity index (χ3v) is 9.83. The summed E-state index contributed by atoms with van der Waals surface area (Å²) >= 11 is 0. The zero-order valence-electron chi connectivity index (χ0n) is 25.1. The molecule has 210 valence electrons. The Balaban J connectivity index is 0.000000136. The topological polar surface area (TPSA) is 0 Å². The molecule has 6 rings (SSSR count). The van der Waals surface area contributed by atoms with E-state index in [1.54, 1.807) is 16.7 Å². The normalized spacial score (nSPS) is 28.7. The summed E-state index contributed by atoms with van der Waals surface area (Å²) < 4.78 is 0. The van der Waals surface area contributed by atoms with Crippen molar-refractivity contribution in [3.8, 4) is 0 Å². The molecule has 3 aromatic rings. The molecular formula is C39H54. The first-order chi connectivity index (χ1) is 19.1. The Hall–Kier alpha value is -2.34. The van der Waals surface area contributed by atoms with Crippen molar-refractivity contribution in [3.63, 3.8) is 0 Å². The second-order valence-electron chi connectivity index (χ2n) is 13.0. The molecule has 0 N–H and O–H groups in total. The summed E-state index contributed by atoms with van der Waals surface area (Å²) in [5, 5.41) is 0. The molecule has 3 saturated carbocycles. The van der Waals surface area contributed by atoms with Crippen LogP contribution < -0.4 is 0 Å². The van der Waals surface area contributed by atoms with Crippen LogP contribution in [-0.2, 0) is 0 Å². The van der Waals surface area contributed by atoms with Gasteiger partial charge in [0.25, 0.3) is 0 Å². The van der Waals surface area contributed by atoms with Gasteiger partial charge in [-0.3, -0.25) is 0 Å². The molecule has 3 fully saturated rings. The summed E-state index contributed by atoms with van der Waals surface area (Å²) in [6.07, 6.45) is 16.9. The lowest BCUT2D eigenvalue weighted by Crippen LogP contribution is -2.14. The molecule has 0 amide bonds. The van der Waals surface area contributed by atoms with Gasteiger partial charge in [-0.05, 0) is 84.3 Å². The molecule has 3 aliphatic carbocycles. The monoisotopic (exact) mass is 522 g/mol. The minimum absolute atomic E-state index is 0.829. The third kappa shape index (κ3) is 9.66. The van der Waals surface area contributed by atoms with Gasteiger partial charge in [-0.2, -0.15) is 0 Å². The van der Waals surface area contributed by atoms with E-state index in [0.717, 1.165) is 35.5 Å². The van der Waals surface area contributed by atoms with Gasteiger partial charge in [-0.15, -0.1) is 0 Å². The van der Waals surface area contributed by atoms with Gasteiger partial charge >= 0.3 is 0 Å². The van der Waals surface area contributed by atoms with E-state index in [1.807, 2.05) is 0 Å². The molecule has 4 atom stereocenters. The van der Waals surface area contributed by atoms with Crippen LogP contribution in [-0.4, -0.2) is 0 Å². The van der Waals surface area contributed by atoms with Crippen LogP contribution in [0.1, 0.15) is 132 Å². The molecule has 3 aliphatic rings. The van der Waals surface area contributed by atoms with E-state index < -0.39 is 0 Å². The van der Waals surface area contributed by atoms with Crippen molar-refractivity contribution >= 4 is 0 Å². The number of benzene rings is 3. The van der Waals surface area contributed by atoms with Crippen LogP contribution in [0.4, 0.5) is 0 Å². The average molecular weight is 523 g/mol. The molecular weight excluding hydrogens is 468 g/mol. The van der Waals surface area contributed by atoms with Crippen molar-refractivity contribution in [1.29, 1.82) is 0 Å². The van der Waals surface area contributed by atoms with Gasteiger partial charge in [0, 0.05) is 0 Å². The lowest BCUT2D eigenvalue weighted by Gasteiger charge is -2.29. The van der Waals surface area contributed by atoms with E-state index in [4.69, 9.17) is 0 Å². The average Bonchev–Trinajstić information content (AvgIpc) is 3.00. The second-order valence-corrected chi connectivity index (χ2v) is 13.0. The fourth-order valence-electron chi connectivity index (χ4n) is 7.29. The van der Waals surface area contributed by atoms with Crippen LogP contribution in [0.3, 0.4) is 0 Å². The Bertz CT molecular complexity index is 1020. The molecule has 0 saturated heterocycles. The maximum absolute atomic E-state index is 2.40. The number of hydrogen-bond acceptors (Lipinski definition) is 0. The quantitative estimate of drug-likeness (QED) is 0.321. The van der Waals surface area contributed by atoms with Crippen molar-refractivity contribution in [2.45, 2.75) is 116 Å². The van der Waals surface area contributed by atoms with Crippen LogP contribution >= 0.6 is 0 Å². The van der Waals surface area contributed by atoms with E-state index in [-0.39, 0.29) is 0 Å². The van der Waals surface area contributed by atoms with E-state index in [9.17, 15) is 0 Å². The standard InChI is InChI=1S/3C13H18/c1-11-7-5-6-10-13(11)12-8-3-2-4-9-12;1-11-6-5-9-13(10-11)12-7-3-2-4-8-12;1-11-7-9-13(10-8-11)12-5-3-2-4-6-12/h2-4,8-9,11,13H,5-7,10H2,1H3;2-4,7-8,11,13H,5-6,9-10H2,1H3;2-6,11,13H,7-10H2,1H3/t2*11-,13?;/m00./s1. The molecule has 0 aromatic heterocycles. The lowest BCUT2D eigenvalue weighted by molar-refractivity contribution is 0.330. The lowest BCUT2D eigenvalue weighted by atomic mass is 9.76. The van der Waals surface area contributed by atoms with Crippen LogP contribution in [0.15, 0.2) is 91.0 Å². The third-order valence-electron chi connectivity index (χ3n) is 9.83. The highest BCUT2D eigenvalue weighted by molar-refractivity contribution is 5.21. The van der Waals surface area contributed by atoms with E-state index in [2.05, 4.69) is 112 Å². The van der Waals surface area contributed by atoms with Gasteiger partial charge in [-0.1, -0.05) is 157 Å². The Labute approximate surface area is 240 Å². The Morgan fingerprint density at radius 3 is 1.46 bits per heavy atom. The van der Waals surface area contributed by atoms with Gasteiger partial charge in [0.2, 0.25) is 0 Å². The fourth-order valence-corrected chi connectivity index (χ4v) is 7.29. The zero-order chi connectivity index (χ0) is 27.3. The summed E-state index contributed by atoms with van der Waals surface area (Å²) in [7, 11) is 0. The van der Waals surface area contributed by atoms with Crippen LogP contribution in [0.25, 0.3) is 0 Å². The second kappa shape index (κ2) is 16.1. The van der Waals surface area contributed by atoms with Crippen LogP contribution in [0, 0.1) is 17.8 Å². The van der Waals surface area contributed by atoms with E-state index >= 15 is 0 Å². The highest BCUT2D eigenvalue weighted by atomic mass is 14.3. The van der Waals surface area contributed by atoms with Crippen molar-refractivity contribution in [2.75, 3.05) is 0 Å². The van der Waals surface area contributed by atoms with Crippen molar-refractivity contribution in [2.24, 2.45) is 17.8 Å². The van der Waals surface area contributed by atoms with Gasteiger partial charge < -0.3 is 0 Å². The summed E-state index contributed by atoms with van der Waals surface area (Å²) in [4.78, 5) is 0. The molecule has 2 unspecified atom stereocenters. The van der Waals surface area contributed by atoms with Crippen molar-refractivity contribution in [3.05, 3.63) is 108 Å². The van der Waals surface area contributed by atoms with Gasteiger partial charge in [0.15, 0.2) is 0 Å². The molecule has 39 heavy (non-hydrogen) atoms. The predicted octanol–water partition coefficient (Wildman–Crippen LogP) is 11.9. The molecule has 3 aromatic carbocycles. The Morgan fingerprint density at radius 2 is 0.923 bits per heavy atom. The summed E-state index contributed by atoms with van der Waals surface area (Å²) in [6, 6.07) is 33.0. The van der Waals surface area contributed by atoms with Crippen LogP contribution in [0.5, 0.6) is 0 Å². The van der Waals surface area contributed by atoms with E-state index in [1.165, 1.54) is 77.0 Å².